The number of rotatable bonds is 4. The van der Waals surface area contributed by atoms with Gasteiger partial charge < -0.3 is 9.80 Å². The Labute approximate surface area is 185 Å². The number of likely N-dealkylation sites (tertiary alicyclic amines) is 1. The summed E-state index contributed by atoms with van der Waals surface area (Å²) in [6.07, 6.45) is -2.80. The van der Waals surface area contributed by atoms with Crippen molar-refractivity contribution in [2.75, 3.05) is 25.5 Å². The quantitative estimate of drug-likeness (QED) is 0.515. The predicted octanol–water partition coefficient (Wildman–Crippen LogP) is 5.81. The summed E-state index contributed by atoms with van der Waals surface area (Å²) in [5.41, 5.74) is 2.39. The van der Waals surface area contributed by atoms with E-state index in [1.807, 2.05) is 48.2 Å². The lowest BCUT2D eigenvalue weighted by atomic mass is 10.0. The first-order valence-corrected chi connectivity index (χ1v) is 10.5. The van der Waals surface area contributed by atoms with Gasteiger partial charge in [-0.15, -0.1) is 0 Å². The Kier molecular flexibility index (Phi) is 5.91. The van der Waals surface area contributed by atoms with Crippen LogP contribution >= 0.6 is 0 Å². The van der Waals surface area contributed by atoms with Gasteiger partial charge in [0.15, 0.2) is 0 Å². The topological polar surface area (TPSA) is 36.4 Å². The third-order valence-corrected chi connectivity index (χ3v) is 5.72. The van der Waals surface area contributed by atoms with Crippen molar-refractivity contribution in [1.29, 1.82) is 0 Å². The second-order valence-electron chi connectivity index (χ2n) is 8.13. The lowest BCUT2D eigenvalue weighted by Crippen LogP contribution is -2.31. The van der Waals surface area contributed by atoms with Crippen LogP contribution in [0.15, 0.2) is 66.7 Å². The van der Waals surface area contributed by atoms with E-state index in [1.165, 1.54) is 6.07 Å². The van der Waals surface area contributed by atoms with Gasteiger partial charge in [-0.3, -0.25) is 9.78 Å². The molecule has 2 heterocycles. The SMILES string of the molecule is CN(C)c1cccc(C(=O)N2CCC[C@H]2c2cccc(-c3cccc(C(F)(F)F)c3)n2)c1. The van der Waals surface area contributed by atoms with Gasteiger partial charge in [0.2, 0.25) is 0 Å². The predicted molar refractivity (Wildman–Crippen MR) is 118 cm³/mol. The molecule has 1 amide bonds. The minimum Gasteiger partial charge on any atom is -0.378 e. The van der Waals surface area contributed by atoms with Crippen molar-refractivity contribution in [2.24, 2.45) is 0 Å². The second-order valence-corrected chi connectivity index (χ2v) is 8.13. The van der Waals surface area contributed by atoms with E-state index in [0.717, 1.165) is 30.7 Å². The number of hydrogen-bond donors (Lipinski definition) is 0. The van der Waals surface area contributed by atoms with Crippen molar-refractivity contribution in [1.82, 2.24) is 9.88 Å². The van der Waals surface area contributed by atoms with E-state index < -0.39 is 11.7 Å². The van der Waals surface area contributed by atoms with Gasteiger partial charge in [0.25, 0.3) is 5.91 Å². The molecule has 1 aromatic heterocycles. The first kappa shape index (κ1) is 21.9. The van der Waals surface area contributed by atoms with E-state index in [1.54, 1.807) is 24.3 Å². The largest absolute Gasteiger partial charge is 0.416 e. The van der Waals surface area contributed by atoms with Gasteiger partial charge in [-0.05, 0) is 55.3 Å². The minimum atomic E-state index is -4.41. The normalized spacial score (nSPS) is 16.3. The van der Waals surface area contributed by atoms with Crippen LogP contribution in [-0.4, -0.2) is 36.4 Å². The number of pyridine rings is 1. The van der Waals surface area contributed by atoms with Crippen LogP contribution in [0.2, 0.25) is 0 Å². The first-order valence-electron chi connectivity index (χ1n) is 10.5. The number of nitrogens with zero attached hydrogens (tertiary/aromatic N) is 3. The number of hydrogen-bond acceptors (Lipinski definition) is 3. The maximum absolute atomic E-state index is 13.3. The van der Waals surface area contributed by atoms with Gasteiger partial charge in [-0.25, -0.2) is 0 Å². The van der Waals surface area contributed by atoms with Crippen molar-refractivity contribution in [3.63, 3.8) is 0 Å². The molecule has 0 N–H and O–H groups in total. The molecule has 0 saturated carbocycles. The van der Waals surface area contributed by atoms with Crippen molar-refractivity contribution < 1.29 is 18.0 Å². The van der Waals surface area contributed by atoms with Crippen molar-refractivity contribution in [3.05, 3.63) is 83.6 Å². The zero-order valence-corrected chi connectivity index (χ0v) is 17.9. The summed E-state index contributed by atoms with van der Waals surface area (Å²) in [5, 5.41) is 0. The molecule has 32 heavy (non-hydrogen) atoms. The third-order valence-electron chi connectivity index (χ3n) is 5.72. The van der Waals surface area contributed by atoms with E-state index in [2.05, 4.69) is 4.98 Å². The number of carbonyl (C=O) groups excluding carboxylic acids is 1. The fourth-order valence-electron chi connectivity index (χ4n) is 4.05. The van der Waals surface area contributed by atoms with Crippen molar-refractivity contribution in [2.45, 2.75) is 25.1 Å². The highest BCUT2D eigenvalue weighted by Gasteiger charge is 2.32. The Hall–Kier alpha value is -3.35. The molecular weight excluding hydrogens is 415 g/mol. The highest BCUT2D eigenvalue weighted by atomic mass is 19.4. The van der Waals surface area contributed by atoms with Gasteiger partial charge in [-0.1, -0.05) is 24.3 Å². The third kappa shape index (κ3) is 4.47. The van der Waals surface area contributed by atoms with Crippen LogP contribution in [0.25, 0.3) is 11.3 Å². The van der Waals surface area contributed by atoms with Gasteiger partial charge in [0.1, 0.15) is 0 Å². The lowest BCUT2D eigenvalue weighted by molar-refractivity contribution is -0.137. The molecule has 1 saturated heterocycles. The lowest BCUT2D eigenvalue weighted by Gasteiger charge is -2.25. The molecule has 1 aliphatic heterocycles. The molecule has 7 heteroatoms. The molecule has 0 spiro atoms. The van der Waals surface area contributed by atoms with Crippen LogP contribution in [0.3, 0.4) is 0 Å². The van der Waals surface area contributed by atoms with Crippen LogP contribution in [0.1, 0.15) is 40.5 Å². The molecule has 0 radical (unpaired) electrons. The highest BCUT2D eigenvalue weighted by Crippen LogP contribution is 2.35. The molecule has 1 atom stereocenters. The molecule has 1 fully saturated rings. The van der Waals surface area contributed by atoms with Gasteiger partial charge in [-0.2, -0.15) is 13.2 Å². The molecule has 1 aliphatic rings. The fraction of sp³-hybridized carbons (Fsp3) is 0.280. The van der Waals surface area contributed by atoms with Crippen LogP contribution in [0, 0.1) is 0 Å². The Bertz CT molecular complexity index is 1130. The molecule has 166 valence electrons. The van der Waals surface area contributed by atoms with E-state index in [-0.39, 0.29) is 11.9 Å². The molecular formula is C25H24F3N3O. The summed E-state index contributed by atoms with van der Waals surface area (Å²) < 4.78 is 39.4. The molecule has 3 aromatic rings. The summed E-state index contributed by atoms with van der Waals surface area (Å²) >= 11 is 0. The zero-order valence-electron chi connectivity index (χ0n) is 17.9. The number of benzene rings is 2. The molecule has 0 bridgehead atoms. The number of amides is 1. The Balaban J connectivity index is 1.63. The van der Waals surface area contributed by atoms with Crippen molar-refractivity contribution >= 4 is 11.6 Å². The van der Waals surface area contributed by atoms with Gasteiger partial charge in [0.05, 0.1) is 23.0 Å². The standard InChI is InChI=1S/C25H24F3N3O/c1-30(2)20-10-4-8-18(16-20)24(32)31-14-6-13-23(31)22-12-5-11-21(29-22)17-7-3-9-19(15-17)25(26,27)28/h3-5,7-12,15-16,23H,6,13-14H2,1-2H3/t23-/m0/s1. The molecule has 4 rings (SSSR count). The smallest absolute Gasteiger partial charge is 0.378 e. The minimum absolute atomic E-state index is 0.0672. The molecule has 2 aromatic carbocycles. The number of halogens is 3. The summed E-state index contributed by atoms with van der Waals surface area (Å²) in [6.45, 7) is 0.616. The Morgan fingerprint density at radius 1 is 1.03 bits per heavy atom. The number of anilines is 1. The summed E-state index contributed by atoms with van der Waals surface area (Å²) in [7, 11) is 3.84. The van der Waals surface area contributed by atoms with E-state index in [9.17, 15) is 18.0 Å². The first-order chi connectivity index (χ1) is 15.2. The summed E-state index contributed by atoms with van der Waals surface area (Å²) in [6, 6.07) is 17.7. The second kappa shape index (κ2) is 8.65. The summed E-state index contributed by atoms with van der Waals surface area (Å²) in [4.78, 5) is 21.7. The maximum Gasteiger partial charge on any atom is 0.416 e. The van der Waals surface area contributed by atoms with Crippen LogP contribution < -0.4 is 4.90 Å². The van der Waals surface area contributed by atoms with Crippen molar-refractivity contribution in [3.8, 4) is 11.3 Å². The Morgan fingerprint density at radius 3 is 2.53 bits per heavy atom. The average Bonchev–Trinajstić information content (AvgIpc) is 3.28. The zero-order chi connectivity index (χ0) is 22.9. The van der Waals surface area contributed by atoms with Gasteiger partial charge in [0, 0.05) is 37.5 Å². The monoisotopic (exact) mass is 439 g/mol. The molecule has 0 aliphatic carbocycles. The van der Waals surface area contributed by atoms with Crippen LogP contribution in [0.4, 0.5) is 18.9 Å². The fourth-order valence-corrected chi connectivity index (χ4v) is 4.05. The summed E-state index contributed by atoms with van der Waals surface area (Å²) in [5.74, 6) is -0.0672. The average molecular weight is 439 g/mol. The van der Waals surface area contributed by atoms with Crippen LogP contribution in [-0.2, 0) is 6.18 Å². The number of alkyl halides is 3. The molecule has 4 nitrogen and oxygen atoms in total. The van der Waals surface area contributed by atoms with E-state index in [4.69, 9.17) is 0 Å². The van der Waals surface area contributed by atoms with Gasteiger partial charge >= 0.3 is 6.18 Å². The molecule has 0 unspecified atom stereocenters. The van der Waals surface area contributed by atoms with Crippen LogP contribution in [0.5, 0.6) is 0 Å². The number of aromatic nitrogens is 1. The van der Waals surface area contributed by atoms with E-state index in [0.29, 0.717) is 29.1 Å². The maximum atomic E-state index is 13.3. The highest BCUT2D eigenvalue weighted by molar-refractivity contribution is 5.95. The Morgan fingerprint density at radius 2 is 1.78 bits per heavy atom. The van der Waals surface area contributed by atoms with E-state index >= 15 is 0 Å². The number of carbonyl (C=O) groups is 1.